The summed E-state index contributed by atoms with van der Waals surface area (Å²) in [6, 6.07) is 11.3. The zero-order valence-electron chi connectivity index (χ0n) is 16.6. The van der Waals surface area contributed by atoms with Gasteiger partial charge < -0.3 is 9.80 Å². The second-order valence-corrected chi connectivity index (χ2v) is 8.17. The van der Waals surface area contributed by atoms with Crippen LogP contribution in [0.5, 0.6) is 0 Å². The van der Waals surface area contributed by atoms with E-state index < -0.39 is 0 Å². The Morgan fingerprint density at radius 3 is 2.62 bits per heavy atom. The average Bonchev–Trinajstić information content (AvgIpc) is 2.75. The molecule has 0 spiro atoms. The van der Waals surface area contributed by atoms with Crippen molar-refractivity contribution < 1.29 is 4.79 Å². The molecule has 4 rings (SSSR count). The van der Waals surface area contributed by atoms with Gasteiger partial charge in [0.2, 0.25) is 0 Å². The summed E-state index contributed by atoms with van der Waals surface area (Å²) in [6.45, 7) is 5.29. The monoisotopic (exact) mass is 415 g/mol. The fourth-order valence-electron chi connectivity index (χ4n) is 4.23. The van der Waals surface area contributed by atoms with Crippen molar-refractivity contribution in [3.8, 4) is 0 Å². The number of aryl methyl sites for hydroxylation is 1. The van der Waals surface area contributed by atoms with E-state index in [9.17, 15) is 9.59 Å². The maximum atomic E-state index is 12.9. The fraction of sp³-hybridized carbons (Fsp3) is 0.476. The summed E-state index contributed by atoms with van der Waals surface area (Å²) in [6.07, 6.45) is 2.08. The number of hydrogen-bond donors (Lipinski definition) is 0. The van der Waals surface area contributed by atoms with Crippen molar-refractivity contribution in [2.24, 2.45) is 7.05 Å². The highest BCUT2D eigenvalue weighted by atomic mass is 35.5. The molecule has 2 saturated heterocycles. The van der Waals surface area contributed by atoms with Gasteiger partial charge in [-0.05, 0) is 37.1 Å². The standard InChI is InChI=1S/C21H26ClN5O2/c1-24-20(28)8-7-19(23-24)21(29)27-9-3-6-18(15-27)26-12-10-25(11-13-26)17-5-2-4-16(22)14-17/h2,4-5,7-8,14,18H,3,6,9-13,15H2,1H3. The van der Waals surface area contributed by atoms with Crippen LogP contribution in [0.25, 0.3) is 0 Å². The third kappa shape index (κ3) is 4.46. The number of hydrogen-bond acceptors (Lipinski definition) is 5. The number of halogens is 1. The van der Waals surface area contributed by atoms with Crippen LogP contribution in [0.15, 0.2) is 41.2 Å². The number of carbonyl (C=O) groups is 1. The lowest BCUT2D eigenvalue weighted by molar-refractivity contribution is 0.0556. The maximum Gasteiger partial charge on any atom is 0.274 e. The molecule has 2 fully saturated rings. The van der Waals surface area contributed by atoms with E-state index in [1.54, 1.807) is 7.05 Å². The van der Waals surface area contributed by atoms with E-state index in [2.05, 4.69) is 21.0 Å². The Kier molecular flexibility index (Phi) is 5.87. The maximum absolute atomic E-state index is 12.9. The minimum absolute atomic E-state index is 0.0946. The minimum Gasteiger partial charge on any atom is -0.369 e. The van der Waals surface area contributed by atoms with Crippen molar-refractivity contribution >= 4 is 23.2 Å². The van der Waals surface area contributed by atoms with E-state index in [-0.39, 0.29) is 11.5 Å². The van der Waals surface area contributed by atoms with E-state index in [1.807, 2.05) is 23.1 Å². The van der Waals surface area contributed by atoms with E-state index in [0.717, 1.165) is 50.6 Å². The first kappa shape index (κ1) is 19.9. The van der Waals surface area contributed by atoms with Crippen LogP contribution in [0.3, 0.4) is 0 Å². The van der Waals surface area contributed by atoms with Gasteiger partial charge in [-0.15, -0.1) is 0 Å². The van der Waals surface area contributed by atoms with Gasteiger partial charge in [-0.25, -0.2) is 4.68 Å². The van der Waals surface area contributed by atoms with Crippen molar-refractivity contribution in [2.75, 3.05) is 44.2 Å². The second-order valence-electron chi connectivity index (χ2n) is 7.73. The minimum atomic E-state index is -0.212. The van der Waals surface area contributed by atoms with Gasteiger partial charge in [0, 0.05) is 69.1 Å². The Bertz CT molecular complexity index is 939. The molecule has 0 N–H and O–H groups in total. The normalized spacial score (nSPS) is 20.7. The number of rotatable bonds is 3. The Morgan fingerprint density at radius 2 is 1.90 bits per heavy atom. The number of amides is 1. The van der Waals surface area contributed by atoms with Crippen LogP contribution in [-0.2, 0) is 7.05 Å². The summed E-state index contributed by atoms with van der Waals surface area (Å²) in [5, 5.41) is 4.88. The smallest absolute Gasteiger partial charge is 0.274 e. The van der Waals surface area contributed by atoms with Gasteiger partial charge in [0.05, 0.1) is 0 Å². The van der Waals surface area contributed by atoms with Gasteiger partial charge in [-0.2, -0.15) is 5.10 Å². The van der Waals surface area contributed by atoms with Gasteiger partial charge >= 0.3 is 0 Å². The van der Waals surface area contributed by atoms with Crippen molar-refractivity contribution in [3.05, 3.63) is 57.5 Å². The lowest BCUT2D eigenvalue weighted by Gasteiger charge is -2.43. The van der Waals surface area contributed by atoms with Crippen LogP contribution in [0, 0.1) is 0 Å². The van der Waals surface area contributed by atoms with Crippen molar-refractivity contribution in [3.63, 3.8) is 0 Å². The first-order valence-corrected chi connectivity index (χ1v) is 10.5. The Labute approximate surface area is 175 Å². The van der Waals surface area contributed by atoms with Gasteiger partial charge in [0.15, 0.2) is 0 Å². The van der Waals surface area contributed by atoms with Crippen molar-refractivity contribution in [2.45, 2.75) is 18.9 Å². The zero-order chi connectivity index (χ0) is 20.4. The van der Waals surface area contributed by atoms with Crippen LogP contribution in [0.2, 0.25) is 5.02 Å². The number of anilines is 1. The molecule has 1 aromatic carbocycles. The third-order valence-electron chi connectivity index (χ3n) is 5.87. The van der Waals surface area contributed by atoms with Gasteiger partial charge in [-0.1, -0.05) is 17.7 Å². The molecular weight excluding hydrogens is 390 g/mol. The molecule has 8 heteroatoms. The molecule has 0 aliphatic carbocycles. The first-order valence-electron chi connectivity index (χ1n) is 10.1. The van der Waals surface area contributed by atoms with Gasteiger partial charge in [-0.3, -0.25) is 14.5 Å². The lowest BCUT2D eigenvalue weighted by atomic mass is 10.0. The summed E-state index contributed by atoms with van der Waals surface area (Å²) < 4.78 is 1.21. The number of nitrogens with zero attached hydrogens (tertiary/aromatic N) is 5. The largest absolute Gasteiger partial charge is 0.369 e. The molecule has 29 heavy (non-hydrogen) atoms. The highest BCUT2D eigenvalue weighted by molar-refractivity contribution is 6.30. The fourth-order valence-corrected chi connectivity index (χ4v) is 4.42. The second kappa shape index (κ2) is 8.55. The number of likely N-dealkylation sites (tertiary alicyclic amines) is 1. The first-order chi connectivity index (χ1) is 14.0. The predicted octanol–water partition coefficient (Wildman–Crippen LogP) is 1.86. The van der Waals surface area contributed by atoms with Crippen molar-refractivity contribution in [1.82, 2.24) is 19.6 Å². The molecule has 1 amide bonds. The van der Waals surface area contributed by atoms with Crippen LogP contribution < -0.4 is 10.5 Å². The Morgan fingerprint density at radius 1 is 1.10 bits per heavy atom. The quantitative estimate of drug-likeness (QED) is 0.765. The van der Waals surface area contributed by atoms with E-state index >= 15 is 0 Å². The lowest BCUT2D eigenvalue weighted by Crippen LogP contribution is -2.56. The third-order valence-corrected chi connectivity index (χ3v) is 6.10. The van der Waals surface area contributed by atoms with Crippen LogP contribution in [0.1, 0.15) is 23.3 Å². The molecule has 2 aliphatic rings. The summed E-state index contributed by atoms with van der Waals surface area (Å²) in [5.74, 6) is -0.0946. The average molecular weight is 416 g/mol. The predicted molar refractivity (Wildman–Crippen MR) is 114 cm³/mol. The molecule has 7 nitrogen and oxygen atoms in total. The number of benzene rings is 1. The summed E-state index contributed by atoms with van der Waals surface area (Å²) in [7, 11) is 1.57. The Balaban J connectivity index is 1.37. The molecule has 2 aliphatic heterocycles. The molecule has 0 bridgehead atoms. The molecule has 1 aromatic heterocycles. The summed E-state index contributed by atoms with van der Waals surface area (Å²) >= 11 is 6.13. The van der Waals surface area contributed by atoms with E-state index in [0.29, 0.717) is 18.3 Å². The zero-order valence-corrected chi connectivity index (χ0v) is 17.4. The SMILES string of the molecule is Cn1nc(C(=O)N2CCCC(N3CCN(c4cccc(Cl)c4)CC3)C2)ccc1=O. The molecule has 1 atom stereocenters. The molecule has 1 unspecified atom stereocenters. The van der Waals surface area contributed by atoms with Crippen LogP contribution >= 0.6 is 11.6 Å². The molecule has 154 valence electrons. The van der Waals surface area contributed by atoms with E-state index in [1.165, 1.54) is 22.5 Å². The number of carbonyl (C=O) groups excluding carboxylic acids is 1. The van der Waals surface area contributed by atoms with Gasteiger partial charge in [0.25, 0.3) is 11.5 Å². The molecule has 0 saturated carbocycles. The Hall–Kier alpha value is -2.38. The highest BCUT2D eigenvalue weighted by Crippen LogP contribution is 2.23. The van der Waals surface area contributed by atoms with Crippen LogP contribution in [0.4, 0.5) is 5.69 Å². The number of piperidine rings is 1. The molecule has 0 radical (unpaired) electrons. The molecule has 2 aromatic rings. The summed E-state index contributed by atoms with van der Waals surface area (Å²) in [4.78, 5) is 31.1. The number of aromatic nitrogens is 2. The highest BCUT2D eigenvalue weighted by Gasteiger charge is 2.31. The van der Waals surface area contributed by atoms with Crippen molar-refractivity contribution in [1.29, 1.82) is 0 Å². The molecular formula is C21H26ClN5O2. The number of piperazine rings is 1. The molecule has 3 heterocycles. The van der Waals surface area contributed by atoms with E-state index in [4.69, 9.17) is 11.6 Å². The van der Waals surface area contributed by atoms with Crippen LogP contribution in [-0.4, -0.2) is 70.8 Å². The topological polar surface area (TPSA) is 61.7 Å². The summed E-state index contributed by atoms with van der Waals surface area (Å²) in [5.41, 5.74) is 1.28. The van der Waals surface area contributed by atoms with Gasteiger partial charge in [0.1, 0.15) is 5.69 Å².